The summed E-state index contributed by atoms with van der Waals surface area (Å²) in [5, 5.41) is 3.45. The maximum Gasteiger partial charge on any atom is 0.295 e. The smallest absolute Gasteiger partial charge is 0.295 e. The first-order valence-electron chi connectivity index (χ1n) is 10.7. The maximum absolute atomic E-state index is 14.8. The van der Waals surface area contributed by atoms with Gasteiger partial charge >= 0.3 is 0 Å². The molecule has 1 aliphatic heterocycles. The van der Waals surface area contributed by atoms with Gasteiger partial charge in [0.1, 0.15) is 23.1 Å². The quantitative estimate of drug-likeness (QED) is 0.394. The van der Waals surface area contributed by atoms with E-state index in [0.29, 0.717) is 26.5 Å². The highest BCUT2D eigenvalue weighted by atomic mass is 32.1. The van der Waals surface area contributed by atoms with Crippen LogP contribution < -0.4 is 5.32 Å². The van der Waals surface area contributed by atoms with Crippen molar-refractivity contribution in [2.75, 3.05) is 18.4 Å². The number of likely N-dealkylation sites (tertiary alicyclic amines) is 1. The van der Waals surface area contributed by atoms with E-state index in [4.69, 9.17) is 4.42 Å². The van der Waals surface area contributed by atoms with E-state index < -0.39 is 30.1 Å². The van der Waals surface area contributed by atoms with Gasteiger partial charge in [-0.25, -0.2) is 18.2 Å². The van der Waals surface area contributed by atoms with Gasteiger partial charge in [-0.15, -0.1) is 11.3 Å². The molecular weight excluding hydrogens is 465 g/mol. The van der Waals surface area contributed by atoms with E-state index in [-0.39, 0.29) is 24.8 Å². The molecule has 3 heterocycles. The van der Waals surface area contributed by atoms with Crippen molar-refractivity contribution in [1.82, 2.24) is 14.9 Å². The molecule has 0 aliphatic carbocycles. The molecule has 1 amide bonds. The maximum atomic E-state index is 14.8. The van der Waals surface area contributed by atoms with Crippen molar-refractivity contribution in [1.29, 1.82) is 0 Å². The molecule has 1 N–H and O–H groups in total. The summed E-state index contributed by atoms with van der Waals surface area (Å²) in [6, 6.07) is 9.87. The number of nitrogens with zero attached hydrogens (tertiary/aromatic N) is 3. The summed E-state index contributed by atoms with van der Waals surface area (Å²) in [7, 11) is 0. The number of carbonyl (C=O) groups excluding carboxylic acids is 1. The van der Waals surface area contributed by atoms with Gasteiger partial charge in [0.25, 0.3) is 17.8 Å². The minimum atomic E-state index is -3.09. The number of nitrogens with one attached hydrogen (secondary N) is 1. The van der Waals surface area contributed by atoms with Gasteiger partial charge in [-0.3, -0.25) is 4.79 Å². The number of thiazole rings is 1. The molecule has 0 radical (unpaired) electrons. The number of hydrogen-bond donors (Lipinski definition) is 1. The van der Waals surface area contributed by atoms with E-state index in [0.717, 1.165) is 10.5 Å². The number of oxazole rings is 1. The van der Waals surface area contributed by atoms with Gasteiger partial charge in [0.15, 0.2) is 5.58 Å². The van der Waals surface area contributed by atoms with Gasteiger partial charge in [0.05, 0.1) is 9.88 Å². The van der Waals surface area contributed by atoms with Crippen LogP contribution in [0.2, 0.25) is 0 Å². The molecule has 176 valence electrons. The number of fused-ring (bicyclic) bond motifs is 1. The number of hydrogen-bond acceptors (Lipinski definition) is 6. The third-order valence-corrected chi connectivity index (χ3v) is 6.86. The predicted molar refractivity (Wildman–Crippen MR) is 124 cm³/mol. The Morgan fingerprint density at radius 3 is 2.74 bits per heavy atom. The second kappa shape index (κ2) is 8.43. The Balaban J connectivity index is 1.40. The van der Waals surface area contributed by atoms with Gasteiger partial charge in [-0.05, 0) is 49.2 Å². The van der Waals surface area contributed by atoms with Gasteiger partial charge in [-0.1, -0.05) is 18.2 Å². The molecule has 4 aromatic rings. The van der Waals surface area contributed by atoms with Crippen LogP contribution in [0.3, 0.4) is 0 Å². The first kappa shape index (κ1) is 22.4. The summed E-state index contributed by atoms with van der Waals surface area (Å²) in [5.74, 6) is -4.08. The molecule has 1 aliphatic rings. The molecule has 10 heteroatoms. The van der Waals surface area contributed by atoms with E-state index in [1.54, 1.807) is 25.1 Å². The van der Waals surface area contributed by atoms with Crippen molar-refractivity contribution in [3.63, 3.8) is 0 Å². The fourth-order valence-electron chi connectivity index (χ4n) is 4.12. The van der Waals surface area contributed by atoms with Crippen LogP contribution >= 0.6 is 11.3 Å². The third-order valence-electron chi connectivity index (χ3n) is 5.84. The Labute approximate surface area is 197 Å². The van der Waals surface area contributed by atoms with E-state index >= 15 is 0 Å². The number of benzene rings is 2. The summed E-state index contributed by atoms with van der Waals surface area (Å²) in [6.07, 6.45) is -0.452. The molecule has 6 nitrogen and oxygen atoms in total. The zero-order valence-electron chi connectivity index (χ0n) is 18.4. The highest BCUT2D eigenvalue weighted by molar-refractivity contribution is 7.15. The Morgan fingerprint density at radius 2 is 1.97 bits per heavy atom. The molecule has 0 spiro atoms. The number of amides is 1. The molecule has 34 heavy (non-hydrogen) atoms. The minimum absolute atomic E-state index is 0.0918. The van der Waals surface area contributed by atoms with E-state index in [1.807, 2.05) is 19.1 Å². The minimum Gasteiger partial charge on any atom is -0.424 e. The predicted octanol–water partition coefficient (Wildman–Crippen LogP) is 5.67. The number of aromatic nitrogens is 2. The normalized spacial score (nSPS) is 17.4. The van der Waals surface area contributed by atoms with Crippen molar-refractivity contribution in [3.8, 4) is 10.4 Å². The van der Waals surface area contributed by atoms with E-state index in [9.17, 15) is 18.0 Å². The van der Waals surface area contributed by atoms with Crippen LogP contribution in [0.5, 0.6) is 0 Å². The average Bonchev–Trinajstić information content (AvgIpc) is 3.46. The Kier molecular flexibility index (Phi) is 5.55. The van der Waals surface area contributed by atoms with E-state index in [1.165, 1.54) is 23.5 Å². The van der Waals surface area contributed by atoms with Crippen molar-refractivity contribution >= 4 is 34.4 Å². The van der Waals surface area contributed by atoms with Gasteiger partial charge in [-0.2, -0.15) is 4.98 Å². The van der Waals surface area contributed by atoms with Crippen LogP contribution in [0.4, 0.5) is 19.2 Å². The molecule has 0 bridgehead atoms. The lowest BCUT2D eigenvalue weighted by atomic mass is 10.1. The monoisotopic (exact) mass is 486 g/mol. The molecule has 1 atom stereocenters. The van der Waals surface area contributed by atoms with Crippen LogP contribution in [0.15, 0.2) is 46.9 Å². The van der Waals surface area contributed by atoms with Crippen LogP contribution in [-0.2, 0) is 0 Å². The lowest BCUT2D eigenvalue weighted by Crippen LogP contribution is -2.47. The summed E-state index contributed by atoms with van der Waals surface area (Å²) in [5.41, 5.74) is 2.87. The van der Waals surface area contributed by atoms with Gasteiger partial charge in [0.2, 0.25) is 0 Å². The molecule has 1 unspecified atom stereocenters. The Bertz CT molecular complexity index is 1370. The topological polar surface area (TPSA) is 71.3 Å². The molecule has 1 saturated heterocycles. The second-order valence-corrected chi connectivity index (χ2v) is 9.52. The fourth-order valence-corrected chi connectivity index (χ4v) is 5.04. The van der Waals surface area contributed by atoms with Crippen molar-refractivity contribution < 1.29 is 22.4 Å². The van der Waals surface area contributed by atoms with Gasteiger partial charge in [0, 0.05) is 19.5 Å². The number of aryl methyl sites for hydroxylation is 2. The highest BCUT2D eigenvalue weighted by Crippen LogP contribution is 2.38. The number of halogens is 3. The average molecular weight is 487 g/mol. The van der Waals surface area contributed by atoms with Crippen molar-refractivity contribution in [2.24, 2.45) is 0 Å². The summed E-state index contributed by atoms with van der Waals surface area (Å²) < 4.78 is 48.6. The number of anilines is 1. The first-order valence-corrected chi connectivity index (χ1v) is 11.6. The number of carbonyl (C=O) groups is 1. The van der Waals surface area contributed by atoms with Crippen LogP contribution in [0.1, 0.15) is 27.5 Å². The molecule has 0 saturated carbocycles. The summed E-state index contributed by atoms with van der Waals surface area (Å²) in [4.78, 5) is 23.7. The van der Waals surface area contributed by atoms with E-state index in [2.05, 4.69) is 15.3 Å². The van der Waals surface area contributed by atoms with Crippen LogP contribution in [0.25, 0.3) is 21.5 Å². The van der Waals surface area contributed by atoms with Gasteiger partial charge < -0.3 is 14.6 Å². The zero-order chi connectivity index (χ0) is 24.0. The summed E-state index contributed by atoms with van der Waals surface area (Å²) in [6.45, 7) is 3.31. The molecule has 1 fully saturated rings. The number of rotatable bonds is 5. The SMILES string of the molecule is Cc1ccc2oc(NCC3N(C(=O)c4nc(C)sc4-c4ccc(F)cc4)CCC3(F)F)nc2c1. The van der Waals surface area contributed by atoms with Crippen LogP contribution in [0, 0.1) is 19.7 Å². The lowest BCUT2D eigenvalue weighted by Gasteiger charge is -2.27. The van der Waals surface area contributed by atoms with Crippen molar-refractivity contribution in [3.05, 3.63) is 64.5 Å². The number of alkyl halides is 2. The first-order chi connectivity index (χ1) is 16.2. The van der Waals surface area contributed by atoms with Crippen molar-refractivity contribution in [2.45, 2.75) is 32.2 Å². The fraction of sp³-hybridized carbons (Fsp3) is 0.292. The standard InChI is InChI=1S/C24H21F3N4O2S/c1-13-3-8-18-17(11-13)30-23(33-18)28-12-19-24(26,27)9-10-31(19)22(32)20-21(34-14(2)29-20)15-4-6-16(25)7-5-15/h3-8,11,19H,9-10,12H2,1-2H3,(H,28,30). The Hall–Kier alpha value is -3.40. The molecular formula is C24H21F3N4O2S. The zero-order valence-corrected chi connectivity index (χ0v) is 19.3. The second-order valence-electron chi connectivity index (χ2n) is 8.31. The lowest BCUT2D eigenvalue weighted by molar-refractivity contribution is -0.0250. The molecule has 5 rings (SSSR count). The molecule has 2 aromatic carbocycles. The Morgan fingerprint density at radius 1 is 1.21 bits per heavy atom. The van der Waals surface area contributed by atoms with Crippen LogP contribution in [-0.4, -0.2) is 45.8 Å². The molecule has 2 aromatic heterocycles. The highest BCUT2D eigenvalue weighted by Gasteiger charge is 2.51. The summed E-state index contributed by atoms with van der Waals surface area (Å²) >= 11 is 1.27. The third kappa shape index (κ3) is 4.13. The largest absolute Gasteiger partial charge is 0.424 e.